The van der Waals surface area contributed by atoms with Gasteiger partial charge in [-0.15, -0.1) is 34.0 Å². The zero-order valence-corrected chi connectivity index (χ0v) is 72.0. The van der Waals surface area contributed by atoms with Gasteiger partial charge >= 0.3 is 18.9 Å². The smallest absolute Gasteiger partial charge is 0.417 e. The molecule has 34 heteroatoms. The Hall–Kier alpha value is -3.99. The molecule has 0 radical (unpaired) electrons. The average Bonchev–Trinajstić information content (AvgIpc) is 1.46. The number of aldehydes is 1. The molecule has 0 aliphatic carbocycles. The van der Waals surface area contributed by atoms with Crippen molar-refractivity contribution in [3.63, 3.8) is 0 Å². The van der Waals surface area contributed by atoms with Gasteiger partial charge in [0.05, 0.1) is 52.8 Å². The summed E-state index contributed by atoms with van der Waals surface area (Å²) < 4.78 is 49.3. The Labute approximate surface area is 680 Å². The number of ether oxygens (including phenoxy) is 6. The standard InChI is InChI=1S/C24H35ClO4SSi.C17H27ClO2Si.C16H15ClO2S.C7H7BrO2S.C4H8O.C4H9.ClHN12.Li/c1-23(2,3)31(4,5)29-12-7-6-11-24(26,18-9-8-10-20(25)15-18)19-16-21(30-17-19)22-27-13-14-28-22;1-17(2,3)21(4,5)20-12-7-6-11-16(19)14-9-8-10-15(18)13-14;17-14-5-3-4-12(8-14)16(6-1-2-7-19-16)13-9-15(10-18)20-11-13;8-5-3-6(11-4-5)7-9-1-2-10-7;1-2-4-5-3-1;1-3-4-2;1-3-5-7-9-11-13-12-10-8-6-4-2;/h8-10,15-17,22,26H,6-7,11-14H2,1-5H3;8-10,13H,6-7,11-12H2,1-5H3;3-5,8-11H,1-2,6-7H2;3-4,7H,1-2H2;1-4H2;1,3-4H2,2H3;2H;/q;;;;;-1;;+1/b;;;;;;4-2?,5-3?,8-6+,9-7+,12-10+,13-11+;. The van der Waals surface area contributed by atoms with Gasteiger partial charge in [-0.05, 0) is 256 Å². The molecular weight excluding hydrogens is 1590 g/mol. The number of benzene rings is 3. The average molecular weight is 1690 g/mol. The first-order valence-electron chi connectivity index (χ1n) is 34.7. The van der Waals surface area contributed by atoms with Crippen molar-refractivity contribution in [3.8, 4) is 0 Å². The first-order valence-corrected chi connectivity index (χ1v) is 45.5. The zero-order chi connectivity index (χ0) is 77.2. The molecule has 2 N–H and O–H groups in total. The number of Topliss-reactive ketones (excluding diaryl/α,β-unsaturated/α-hetero) is 1. The van der Waals surface area contributed by atoms with Crippen LogP contribution in [0.4, 0.5) is 0 Å². The maximum atomic E-state index is 12.0. The van der Waals surface area contributed by atoms with Gasteiger partial charge in [-0.3, -0.25) is 9.59 Å². The number of nitrogens with zero attached hydrogens (tertiary/aromatic N) is 11. The summed E-state index contributed by atoms with van der Waals surface area (Å²) in [6.07, 6.45) is 13.1. The number of ketones is 1. The van der Waals surface area contributed by atoms with E-state index in [0.29, 0.717) is 59.9 Å². The minimum atomic E-state index is -1.75. The van der Waals surface area contributed by atoms with Crippen molar-refractivity contribution in [2.75, 3.05) is 59.5 Å². The third kappa shape index (κ3) is 34.7. The number of hydrogen-bond acceptors (Lipinski definition) is 16. The van der Waals surface area contributed by atoms with Crippen molar-refractivity contribution in [3.05, 3.63) is 176 Å². The summed E-state index contributed by atoms with van der Waals surface area (Å²) >= 11 is 31.1. The van der Waals surface area contributed by atoms with E-state index in [9.17, 15) is 14.7 Å². The maximum Gasteiger partial charge on any atom is 1.00 e. The molecule has 4 aliphatic rings. The van der Waals surface area contributed by atoms with Gasteiger partial charge in [0.15, 0.2) is 41.3 Å². The van der Waals surface area contributed by atoms with E-state index in [1.54, 1.807) is 34.8 Å². The molecule has 106 heavy (non-hydrogen) atoms. The Bertz CT molecular complexity index is 3630. The van der Waals surface area contributed by atoms with Crippen LogP contribution in [-0.4, -0.2) is 93.3 Å². The van der Waals surface area contributed by atoms with Crippen molar-refractivity contribution in [2.45, 2.75) is 192 Å². The van der Waals surface area contributed by atoms with Crippen LogP contribution in [0, 0.1) is 12.5 Å². The molecule has 6 aromatic rings. The van der Waals surface area contributed by atoms with Crippen molar-refractivity contribution >= 4 is 125 Å². The Morgan fingerprint density at radius 2 is 1.15 bits per heavy atom. The number of halogens is 5. The molecule has 7 heterocycles. The van der Waals surface area contributed by atoms with E-state index in [0.717, 1.165) is 132 Å². The molecule has 578 valence electrons. The predicted octanol–water partition coefficient (Wildman–Crippen LogP) is 22.2. The van der Waals surface area contributed by atoms with Crippen molar-refractivity contribution in [1.29, 1.82) is 5.53 Å². The molecule has 0 spiro atoms. The monoisotopic (exact) mass is 1690 g/mol. The van der Waals surface area contributed by atoms with E-state index >= 15 is 0 Å². The van der Waals surface area contributed by atoms with Gasteiger partial charge in [0.2, 0.25) is 0 Å². The first kappa shape index (κ1) is 96.2. The molecule has 4 fully saturated rings. The number of nitrogens with one attached hydrogen (secondary N) is 1. The number of carbonyl (C=O) groups excluding carboxylic acids is 2. The summed E-state index contributed by atoms with van der Waals surface area (Å²) in [5.74, 6) is 0.157. The molecule has 2 atom stereocenters. The van der Waals surface area contributed by atoms with Crippen LogP contribution in [0.1, 0.15) is 197 Å². The zero-order valence-electron chi connectivity index (χ0n) is 63.0. The van der Waals surface area contributed by atoms with E-state index in [4.69, 9.17) is 89.4 Å². The maximum absolute atomic E-state index is 12.0. The molecule has 3 aromatic heterocycles. The SMILES string of the molecule is Brc1csc(C2OCCO2)c1.C1CCOC1.CC(C)(C)[Si](C)(C)OCCCCC(=O)c1cccc(Cl)c1.CC(C)(C)[Si](C)(C)OCCCCC(O)(c1cccc(Cl)c1)c1csc(C2OCCO2)c1.N=N/N=N/N=N/N=N/N=N/N=NCl.O=Cc1cc(C2(c3cccc(Cl)c3)CCCCO2)cs1.[CH2-]CCC.[Li+]. The number of rotatable bonds is 26. The number of aliphatic hydroxyl groups is 1. The molecule has 4 saturated heterocycles. The summed E-state index contributed by atoms with van der Waals surface area (Å²) in [5.41, 5.74) is 9.06. The minimum absolute atomic E-state index is 0. The topological polar surface area (TPSA) is 288 Å². The second-order valence-electron chi connectivity index (χ2n) is 27.1. The van der Waals surface area contributed by atoms with Gasteiger partial charge in [0, 0.05) is 69.9 Å². The number of hydrogen-bond donors (Lipinski definition) is 2. The summed E-state index contributed by atoms with van der Waals surface area (Å²) in [6.45, 7) is 35.1. The predicted molar refractivity (Wildman–Crippen MR) is 427 cm³/mol. The fraction of sp³-hybridized carbons (Fsp3) is 0.542. The summed E-state index contributed by atoms with van der Waals surface area (Å²) in [6, 6.07) is 28.5. The summed E-state index contributed by atoms with van der Waals surface area (Å²) in [5, 5.41) is 48.8. The number of thiophene rings is 3. The normalized spacial score (nSPS) is 17.0. The molecule has 4 aliphatic heterocycles. The van der Waals surface area contributed by atoms with Gasteiger partial charge in [0.25, 0.3) is 0 Å². The Kier molecular flexibility index (Phi) is 46.8. The molecule has 0 saturated carbocycles. The third-order valence-electron chi connectivity index (χ3n) is 17.5. The van der Waals surface area contributed by atoms with Crippen LogP contribution in [0.2, 0.25) is 51.3 Å². The van der Waals surface area contributed by atoms with Crippen LogP contribution < -0.4 is 18.9 Å². The molecule has 10 rings (SSSR count). The number of carbonyl (C=O) groups is 2. The van der Waals surface area contributed by atoms with Gasteiger partial charge in [-0.25, -0.2) is 0 Å². The van der Waals surface area contributed by atoms with Gasteiger partial charge in [-0.1, -0.05) is 131 Å². The largest absolute Gasteiger partial charge is 1.00 e. The van der Waals surface area contributed by atoms with Crippen LogP contribution in [0.3, 0.4) is 0 Å². The van der Waals surface area contributed by atoms with Crippen LogP contribution >= 0.6 is 96.5 Å². The molecule has 2 unspecified atom stereocenters. The quantitative estimate of drug-likeness (QED) is 0.00979. The van der Waals surface area contributed by atoms with Crippen molar-refractivity contribution in [2.24, 2.45) is 56.9 Å². The van der Waals surface area contributed by atoms with E-state index in [2.05, 4.69) is 160 Å². The Morgan fingerprint density at radius 3 is 1.61 bits per heavy atom. The van der Waals surface area contributed by atoms with E-state index in [1.807, 2.05) is 88.9 Å². The van der Waals surface area contributed by atoms with Crippen molar-refractivity contribution < 1.29 is 70.8 Å². The van der Waals surface area contributed by atoms with Crippen molar-refractivity contribution in [1.82, 2.24) is 0 Å². The Morgan fingerprint density at radius 1 is 0.642 bits per heavy atom. The van der Waals surface area contributed by atoms with Gasteiger partial charge in [-0.2, -0.15) is 12.0 Å². The molecular formula is C72H102BrCl4LiN12O11S3Si2. The molecule has 0 bridgehead atoms. The Balaban J connectivity index is 0.000000345. The van der Waals surface area contributed by atoms with Gasteiger partial charge < -0.3 is 49.3 Å². The second kappa shape index (κ2) is 51.5. The number of unbranched alkanes of at least 4 members (excludes halogenated alkanes) is 3. The molecule has 23 nitrogen and oxygen atoms in total. The van der Waals surface area contributed by atoms with E-state index < -0.39 is 27.8 Å². The minimum Gasteiger partial charge on any atom is -0.417 e. The molecule has 3 aromatic carbocycles. The fourth-order valence-corrected chi connectivity index (χ4v) is 15.6. The van der Waals surface area contributed by atoms with Crippen LogP contribution in [0.25, 0.3) is 0 Å². The van der Waals surface area contributed by atoms with Crippen LogP contribution in [-0.2, 0) is 48.5 Å². The fourth-order valence-electron chi connectivity index (χ4n) is 9.61. The summed E-state index contributed by atoms with van der Waals surface area (Å²) in [7, 11) is -3.41. The van der Waals surface area contributed by atoms with Gasteiger partial charge in [0.1, 0.15) is 11.2 Å². The first-order chi connectivity index (χ1) is 50.1. The van der Waals surface area contributed by atoms with E-state index in [1.165, 1.54) is 30.6 Å². The third-order valence-corrected chi connectivity index (χ3v) is 30.8. The summed E-state index contributed by atoms with van der Waals surface area (Å²) in [4.78, 5) is 25.8. The van der Waals surface area contributed by atoms with Crippen LogP contribution in [0.5, 0.6) is 0 Å². The van der Waals surface area contributed by atoms with E-state index in [-0.39, 0.29) is 47.3 Å². The molecule has 0 amide bonds. The second-order valence-corrected chi connectivity index (χ2v) is 42.0. The van der Waals surface area contributed by atoms with Crippen LogP contribution in [0.15, 0.2) is 168 Å².